The van der Waals surface area contributed by atoms with Gasteiger partial charge < -0.3 is 15.4 Å². The fourth-order valence-electron chi connectivity index (χ4n) is 3.26. The molecule has 0 heterocycles. The second-order valence-electron chi connectivity index (χ2n) is 7.02. The number of anilines is 1. The lowest BCUT2D eigenvalue weighted by molar-refractivity contribution is -0.155. The van der Waals surface area contributed by atoms with Crippen molar-refractivity contribution in [2.24, 2.45) is 5.92 Å². The smallest absolute Gasteiger partial charge is 0.306 e. The van der Waals surface area contributed by atoms with Crippen LogP contribution in [0.25, 0.3) is 0 Å². The van der Waals surface area contributed by atoms with Crippen LogP contribution in [0.1, 0.15) is 50.2 Å². The molecule has 0 radical (unpaired) electrons. The Labute approximate surface area is 154 Å². The Morgan fingerprint density at radius 2 is 1.77 bits per heavy atom. The normalized spacial score (nSPS) is 15.3. The molecule has 1 saturated carbocycles. The Kier molecular flexibility index (Phi) is 7.18. The van der Waals surface area contributed by atoms with Gasteiger partial charge in [0.05, 0.1) is 6.54 Å². The van der Waals surface area contributed by atoms with Crippen LogP contribution in [0.3, 0.4) is 0 Å². The molecule has 2 amide bonds. The summed E-state index contributed by atoms with van der Waals surface area (Å²) < 4.78 is 5.18. The van der Waals surface area contributed by atoms with E-state index in [9.17, 15) is 14.4 Å². The number of ether oxygens (including phenoxy) is 1. The average molecular weight is 360 g/mol. The third kappa shape index (κ3) is 5.86. The van der Waals surface area contributed by atoms with Gasteiger partial charge in [-0.25, -0.2) is 0 Å². The predicted octanol–water partition coefficient (Wildman–Crippen LogP) is 2.87. The largest absolute Gasteiger partial charge is 0.453 e. The first-order valence-corrected chi connectivity index (χ1v) is 9.20. The monoisotopic (exact) mass is 360 g/mol. The topological polar surface area (TPSA) is 84.5 Å². The van der Waals surface area contributed by atoms with Gasteiger partial charge in [0.15, 0.2) is 6.10 Å². The third-order valence-corrected chi connectivity index (χ3v) is 4.78. The summed E-state index contributed by atoms with van der Waals surface area (Å²) in [5, 5.41) is 5.31. The maximum Gasteiger partial charge on any atom is 0.306 e. The van der Waals surface area contributed by atoms with Crippen LogP contribution >= 0.6 is 0 Å². The molecule has 6 heteroatoms. The highest BCUT2D eigenvalue weighted by Crippen LogP contribution is 2.27. The van der Waals surface area contributed by atoms with Crippen molar-refractivity contribution in [2.75, 3.05) is 11.9 Å². The van der Waals surface area contributed by atoms with Gasteiger partial charge in [0, 0.05) is 12.1 Å². The molecule has 6 nitrogen and oxygen atoms in total. The zero-order valence-corrected chi connectivity index (χ0v) is 15.8. The maximum atomic E-state index is 12.1. The minimum absolute atomic E-state index is 0.170. The number of hydrogen-bond acceptors (Lipinski definition) is 4. The number of benzene rings is 1. The first kappa shape index (κ1) is 19.9. The second-order valence-corrected chi connectivity index (χ2v) is 7.02. The summed E-state index contributed by atoms with van der Waals surface area (Å²) in [6.07, 6.45) is 3.87. The minimum atomic E-state index is -0.906. The molecule has 1 aromatic carbocycles. The summed E-state index contributed by atoms with van der Waals surface area (Å²) in [5.74, 6) is -0.762. The molecule has 1 aliphatic carbocycles. The standard InChI is InChI=1S/C20H28N2O4/c1-13-7-6-8-14(2)19(13)22-17(23)12-21-20(25)15(3)26-18(24)11-16-9-4-5-10-16/h6-8,15-16H,4-5,9-12H2,1-3H3,(H,21,25)(H,22,23)/t15-/m0/s1. The van der Waals surface area contributed by atoms with Gasteiger partial charge in [0.2, 0.25) is 5.91 Å². The maximum absolute atomic E-state index is 12.1. The molecular weight excluding hydrogens is 332 g/mol. The average Bonchev–Trinajstić information content (AvgIpc) is 3.08. The van der Waals surface area contributed by atoms with Crippen LogP contribution in [-0.4, -0.2) is 30.4 Å². The van der Waals surface area contributed by atoms with Gasteiger partial charge in [-0.3, -0.25) is 14.4 Å². The van der Waals surface area contributed by atoms with Crippen molar-refractivity contribution in [1.82, 2.24) is 5.32 Å². The van der Waals surface area contributed by atoms with E-state index in [2.05, 4.69) is 10.6 Å². The molecular formula is C20H28N2O4. The lowest BCUT2D eigenvalue weighted by atomic mass is 10.0. The van der Waals surface area contributed by atoms with Crippen LogP contribution in [0, 0.1) is 19.8 Å². The summed E-state index contributed by atoms with van der Waals surface area (Å²) in [6, 6.07) is 5.74. The summed E-state index contributed by atoms with van der Waals surface area (Å²) in [6.45, 7) is 5.17. The molecule has 0 bridgehead atoms. The zero-order chi connectivity index (χ0) is 19.1. The van der Waals surface area contributed by atoms with Gasteiger partial charge in [0.25, 0.3) is 5.91 Å². The molecule has 1 aromatic rings. The summed E-state index contributed by atoms with van der Waals surface area (Å²) in [4.78, 5) is 36.0. The number of esters is 1. The number of para-hydroxylation sites is 1. The molecule has 2 N–H and O–H groups in total. The van der Waals surface area contributed by atoms with Gasteiger partial charge in [-0.1, -0.05) is 31.0 Å². The number of aryl methyl sites for hydroxylation is 2. The number of rotatable bonds is 7. The van der Waals surface area contributed by atoms with Gasteiger partial charge in [-0.05, 0) is 50.7 Å². The Balaban J connectivity index is 1.74. The Morgan fingerprint density at radius 3 is 2.38 bits per heavy atom. The van der Waals surface area contributed by atoms with Crippen molar-refractivity contribution in [1.29, 1.82) is 0 Å². The van der Waals surface area contributed by atoms with Gasteiger partial charge in [-0.2, -0.15) is 0 Å². The highest BCUT2D eigenvalue weighted by atomic mass is 16.5. The first-order chi connectivity index (χ1) is 12.4. The molecule has 1 atom stereocenters. The van der Waals surface area contributed by atoms with E-state index in [1.165, 1.54) is 6.92 Å². The van der Waals surface area contributed by atoms with E-state index in [-0.39, 0.29) is 18.4 Å². The summed E-state index contributed by atoms with van der Waals surface area (Å²) in [5.41, 5.74) is 2.67. The van der Waals surface area contributed by atoms with Crippen LogP contribution in [0.2, 0.25) is 0 Å². The van der Waals surface area contributed by atoms with Crippen molar-refractivity contribution in [3.63, 3.8) is 0 Å². The van der Waals surface area contributed by atoms with Crippen molar-refractivity contribution < 1.29 is 19.1 Å². The molecule has 142 valence electrons. The number of amides is 2. The zero-order valence-electron chi connectivity index (χ0n) is 15.8. The molecule has 0 aliphatic heterocycles. The van der Waals surface area contributed by atoms with E-state index < -0.39 is 12.0 Å². The molecule has 0 aromatic heterocycles. The highest BCUT2D eigenvalue weighted by Gasteiger charge is 2.23. The molecule has 26 heavy (non-hydrogen) atoms. The SMILES string of the molecule is Cc1cccc(C)c1NC(=O)CNC(=O)[C@H](C)OC(=O)CC1CCCC1. The Bertz CT molecular complexity index is 646. The van der Waals surface area contributed by atoms with E-state index in [1.807, 2.05) is 32.0 Å². The molecule has 1 aliphatic rings. The summed E-state index contributed by atoms with van der Waals surface area (Å²) >= 11 is 0. The number of nitrogens with one attached hydrogen (secondary N) is 2. The third-order valence-electron chi connectivity index (χ3n) is 4.78. The van der Waals surface area contributed by atoms with Crippen molar-refractivity contribution in [3.8, 4) is 0 Å². The van der Waals surface area contributed by atoms with E-state index in [4.69, 9.17) is 4.74 Å². The van der Waals surface area contributed by atoms with Gasteiger partial charge in [-0.15, -0.1) is 0 Å². The predicted molar refractivity (Wildman–Crippen MR) is 99.7 cm³/mol. The van der Waals surface area contributed by atoms with Crippen LogP contribution in [0.4, 0.5) is 5.69 Å². The number of carbonyl (C=O) groups excluding carboxylic acids is 3. The van der Waals surface area contributed by atoms with Gasteiger partial charge in [0.1, 0.15) is 0 Å². The first-order valence-electron chi connectivity index (χ1n) is 9.20. The van der Waals surface area contributed by atoms with Crippen LogP contribution in [-0.2, 0) is 19.1 Å². The van der Waals surface area contributed by atoms with E-state index in [0.717, 1.165) is 42.5 Å². The lowest BCUT2D eigenvalue weighted by Gasteiger charge is -2.15. The fraction of sp³-hybridized carbons (Fsp3) is 0.550. The van der Waals surface area contributed by atoms with Crippen LogP contribution in [0.15, 0.2) is 18.2 Å². The molecule has 2 rings (SSSR count). The van der Waals surface area contributed by atoms with Gasteiger partial charge >= 0.3 is 5.97 Å². The van der Waals surface area contributed by atoms with Crippen molar-refractivity contribution >= 4 is 23.5 Å². The number of carbonyl (C=O) groups is 3. The van der Waals surface area contributed by atoms with Crippen LogP contribution in [0.5, 0.6) is 0 Å². The number of hydrogen-bond donors (Lipinski definition) is 2. The van der Waals surface area contributed by atoms with Crippen LogP contribution < -0.4 is 10.6 Å². The lowest BCUT2D eigenvalue weighted by Crippen LogP contribution is -2.40. The van der Waals surface area contributed by atoms with E-state index in [0.29, 0.717) is 12.3 Å². The second kappa shape index (κ2) is 9.36. The van der Waals surface area contributed by atoms with E-state index >= 15 is 0 Å². The molecule has 0 spiro atoms. The van der Waals surface area contributed by atoms with Crippen molar-refractivity contribution in [3.05, 3.63) is 29.3 Å². The molecule has 0 saturated heterocycles. The molecule has 1 fully saturated rings. The van der Waals surface area contributed by atoms with E-state index in [1.54, 1.807) is 0 Å². The Hall–Kier alpha value is -2.37. The highest BCUT2D eigenvalue weighted by molar-refractivity contribution is 5.96. The quantitative estimate of drug-likeness (QED) is 0.732. The summed E-state index contributed by atoms with van der Waals surface area (Å²) in [7, 11) is 0. The minimum Gasteiger partial charge on any atom is -0.453 e. The fourth-order valence-corrected chi connectivity index (χ4v) is 3.26. The van der Waals surface area contributed by atoms with Crippen molar-refractivity contribution in [2.45, 2.75) is 59.0 Å². The molecule has 0 unspecified atom stereocenters. The Morgan fingerprint density at radius 1 is 1.15 bits per heavy atom.